The maximum Gasteiger partial charge on any atom is 0.254 e. The Balaban J connectivity index is 2.51. The first-order chi connectivity index (χ1) is 8.41. The van der Waals surface area contributed by atoms with Gasteiger partial charge in [-0.25, -0.2) is 9.97 Å². The third kappa shape index (κ3) is 4.07. The first kappa shape index (κ1) is 14.6. The molecule has 1 heterocycles. The van der Waals surface area contributed by atoms with Crippen LogP contribution in [0.15, 0.2) is 6.20 Å². The first-order valence-corrected chi connectivity index (χ1v) is 6.18. The minimum atomic E-state index is -0.388. The van der Waals surface area contributed by atoms with Crippen LogP contribution >= 0.6 is 0 Å². The topological polar surface area (TPSA) is 75.1 Å². The average Bonchev–Trinajstić information content (AvgIpc) is 2.28. The highest BCUT2D eigenvalue weighted by molar-refractivity contribution is 5.94. The van der Waals surface area contributed by atoms with Gasteiger partial charge < -0.3 is 10.4 Å². The molecule has 5 heteroatoms. The fraction of sp³-hybridized carbons (Fsp3) is 0.615. The van der Waals surface area contributed by atoms with Crippen LogP contribution in [0.3, 0.4) is 0 Å². The van der Waals surface area contributed by atoms with Crippen molar-refractivity contribution in [1.29, 1.82) is 0 Å². The van der Waals surface area contributed by atoms with Crippen LogP contribution < -0.4 is 5.32 Å². The number of carbonyl (C=O) groups excluding carboxylic acids is 1. The molecule has 5 nitrogen and oxygen atoms in total. The molecule has 0 aliphatic heterocycles. The number of aromatic nitrogens is 2. The summed E-state index contributed by atoms with van der Waals surface area (Å²) in [6.07, 6.45) is 1.70. The van der Waals surface area contributed by atoms with E-state index in [-0.39, 0.29) is 17.9 Å². The number of rotatable bonds is 5. The Labute approximate surface area is 108 Å². The second-order valence-corrected chi connectivity index (χ2v) is 4.77. The van der Waals surface area contributed by atoms with Gasteiger partial charge in [-0.15, -0.1) is 0 Å². The lowest BCUT2D eigenvalue weighted by Gasteiger charge is -2.14. The third-order valence-electron chi connectivity index (χ3n) is 2.84. The molecule has 1 rings (SSSR count). The van der Waals surface area contributed by atoms with Crippen molar-refractivity contribution in [1.82, 2.24) is 15.3 Å². The van der Waals surface area contributed by atoms with Gasteiger partial charge in [-0.3, -0.25) is 4.79 Å². The summed E-state index contributed by atoms with van der Waals surface area (Å²) >= 11 is 0. The van der Waals surface area contributed by atoms with Crippen molar-refractivity contribution < 1.29 is 9.90 Å². The lowest BCUT2D eigenvalue weighted by Crippen LogP contribution is -2.29. The van der Waals surface area contributed by atoms with Crippen LogP contribution in [0, 0.1) is 19.8 Å². The maximum atomic E-state index is 11.9. The molecule has 0 fully saturated rings. The Kier molecular flexibility index (Phi) is 5.22. The molecule has 0 aliphatic carbocycles. The summed E-state index contributed by atoms with van der Waals surface area (Å²) in [5.41, 5.74) is 1.16. The molecule has 0 bridgehead atoms. The molecular weight excluding hydrogens is 230 g/mol. The van der Waals surface area contributed by atoms with E-state index in [4.69, 9.17) is 0 Å². The summed E-state index contributed by atoms with van der Waals surface area (Å²) in [5.74, 6) is 0.661. The van der Waals surface area contributed by atoms with Gasteiger partial charge >= 0.3 is 0 Å². The molecule has 0 spiro atoms. The molecule has 0 saturated carbocycles. The predicted molar refractivity (Wildman–Crippen MR) is 69.3 cm³/mol. The molecule has 100 valence electrons. The Bertz CT molecular complexity index is 419. The fourth-order valence-corrected chi connectivity index (χ4v) is 1.57. The maximum absolute atomic E-state index is 11.9. The third-order valence-corrected chi connectivity index (χ3v) is 2.84. The van der Waals surface area contributed by atoms with Gasteiger partial charge in [-0.2, -0.15) is 0 Å². The number of nitrogens with one attached hydrogen (secondary N) is 1. The Morgan fingerprint density at radius 3 is 2.67 bits per heavy atom. The van der Waals surface area contributed by atoms with E-state index >= 15 is 0 Å². The average molecular weight is 251 g/mol. The molecule has 0 aliphatic rings. The highest BCUT2D eigenvalue weighted by Gasteiger charge is 2.12. The van der Waals surface area contributed by atoms with Crippen molar-refractivity contribution >= 4 is 5.91 Å². The molecule has 1 atom stereocenters. The Hall–Kier alpha value is -1.49. The van der Waals surface area contributed by atoms with E-state index < -0.39 is 0 Å². The first-order valence-electron chi connectivity index (χ1n) is 6.18. The van der Waals surface area contributed by atoms with Gasteiger partial charge in [-0.05, 0) is 26.2 Å². The van der Waals surface area contributed by atoms with Crippen molar-refractivity contribution in [3.63, 3.8) is 0 Å². The van der Waals surface area contributed by atoms with Crippen LogP contribution in [0.25, 0.3) is 0 Å². The Morgan fingerprint density at radius 1 is 1.44 bits per heavy atom. The zero-order valence-corrected chi connectivity index (χ0v) is 11.4. The fourth-order valence-electron chi connectivity index (χ4n) is 1.57. The molecule has 1 aromatic rings. The van der Waals surface area contributed by atoms with E-state index in [1.807, 2.05) is 13.8 Å². The van der Waals surface area contributed by atoms with Gasteiger partial charge in [0.05, 0.1) is 17.4 Å². The number of aliphatic hydroxyl groups excluding tert-OH is 1. The Morgan fingerprint density at radius 2 is 2.11 bits per heavy atom. The highest BCUT2D eigenvalue weighted by atomic mass is 16.3. The van der Waals surface area contributed by atoms with Crippen LogP contribution in [0.4, 0.5) is 0 Å². The van der Waals surface area contributed by atoms with E-state index in [0.29, 0.717) is 30.0 Å². The summed E-state index contributed by atoms with van der Waals surface area (Å²) in [5, 5.41) is 12.4. The number of carbonyl (C=O) groups is 1. The summed E-state index contributed by atoms with van der Waals surface area (Å²) in [7, 11) is 0. The molecule has 2 N–H and O–H groups in total. The van der Waals surface area contributed by atoms with Crippen LogP contribution in [-0.2, 0) is 0 Å². The van der Waals surface area contributed by atoms with E-state index in [1.54, 1.807) is 13.8 Å². The molecular formula is C13H21N3O2. The quantitative estimate of drug-likeness (QED) is 0.825. The van der Waals surface area contributed by atoms with Gasteiger partial charge in [0.15, 0.2) is 0 Å². The molecule has 1 unspecified atom stereocenters. The van der Waals surface area contributed by atoms with Crippen molar-refractivity contribution in [2.24, 2.45) is 5.92 Å². The van der Waals surface area contributed by atoms with Crippen LogP contribution in [0.2, 0.25) is 0 Å². The van der Waals surface area contributed by atoms with Gasteiger partial charge in [-0.1, -0.05) is 13.8 Å². The normalized spacial score (nSPS) is 12.6. The summed E-state index contributed by atoms with van der Waals surface area (Å²) in [6, 6.07) is 0. The van der Waals surface area contributed by atoms with E-state index in [9.17, 15) is 9.90 Å². The zero-order valence-electron chi connectivity index (χ0n) is 11.4. The van der Waals surface area contributed by atoms with Crippen molar-refractivity contribution in [3.8, 4) is 0 Å². The summed E-state index contributed by atoms with van der Waals surface area (Å²) in [4.78, 5) is 20.0. The molecule has 0 saturated heterocycles. The van der Waals surface area contributed by atoms with Gasteiger partial charge in [0.25, 0.3) is 5.91 Å². The summed E-state index contributed by atoms with van der Waals surface area (Å²) in [6.45, 7) is 7.92. The van der Waals surface area contributed by atoms with E-state index in [0.717, 1.165) is 0 Å². The van der Waals surface area contributed by atoms with Crippen molar-refractivity contribution in [3.05, 3.63) is 23.3 Å². The van der Waals surface area contributed by atoms with Crippen molar-refractivity contribution in [2.45, 2.75) is 40.2 Å². The number of aryl methyl sites for hydroxylation is 2. The minimum absolute atomic E-state index is 0.191. The molecule has 1 amide bonds. The van der Waals surface area contributed by atoms with Crippen LogP contribution in [0.5, 0.6) is 0 Å². The smallest absolute Gasteiger partial charge is 0.254 e. The predicted octanol–water partition coefficient (Wildman–Crippen LogP) is 1.23. The van der Waals surface area contributed by atoms with Gasteiger partial charge in [0, 0.05) is 12.7 Å². The molecule has 18 heavy (non-hydrogen) atoms. The van der Waals surface area contributed by atoms with Crippen LogP contribution in [-0.4, -0.2) is 33.6 Å². The van der Waals surface area contributed by atoms with E-state index in [2.05, 4.69) is 15.3 Å². The number of nitrogens with zero attached hydrogens (tertiary/aromatic N) is 2. The monoisotopic (exact) mass is 251 g/mol. The second-order valence-electron chi connectivity index (χ2n) is 4.77. The standard InChI is InChI=1S/C13H21N3O2/c1-8(2)12(17)5-6-14-13(18)11-7-15-10(4)16-9(11)3/h7-8,12,17H,5-6H2,1-4H3,(H,14,18). The number of aliphatic hydroxyl groups is 1. The number of amides is 1. The lowest BCUT2D eigenvalue weighted by molar-refractivity contribution is 0.0919. The largest absolute Gasteiger partial charge is 0.393 e. The number of hydrogen-bond acceptors (Lipinski definition) is 4. The van der Waals surface area contributed by atoms with Crippen LogP contribution in [0.1, 0.15) is 42.1 Å². The molecule has 1 aromatic heterocycles. The van der Waals surface area contributed by atoms with Crippen molar-refractivity contribution in [2.75, 3.05) is 6.54 Å². The van der Waals surface area contributed by atoms with Gasteiger partial charge in [0.2, 0.25) is 0 Å². The molecule has 0 radical (unpaired) electrons. The number of hydrogen-bond donors (Lipinski definition) is 2. The van der Waals surface area contributed by atoms with E-state index in [1.165, 1.54) is 6.20 Å². The zero-order chi connectivity index (χ0) is 13.7. The second kappa shape index (κ2) is 6.44. The summed E-state index contributed by atoms with van der Waals surface area (Å²) < 4.78 is 0. The van der Waals surface area contributed by atoms with Gasteiger partial charge in [0.1, 0.15) is 5.82 Å². The lowest BCUT2D eigenvalue weighted by atomic mass is 10.0. The SMILES string of the molecule is Cc1ncc(C(=O)NCCC(O)C(C)C)c(C)n1. The molecule has 0 aromatic carbocycles. The minimum Gasteiger partial charge on any atom is -0.393 e. The highest BCUT2D eigenvalue weighted by Crippen LogP contribution is 2.06.